The summed E-state index contributed by atoms with van der Waals surface area (Å²) in [6.45, 7) is 8.34. The summed E-state index contributed by atoms with van der Waals surface area (Å²) < 4.78 is 1.12. The van der Waals surface area contributed by atoms with Crippen LogP contribution >= 0.6 is 15.9 Å². The van der Waals surface area contributed by atoms with Crippen LogP contribution in [0.2, 0.25) is 0 Å². The van der Waals surface area contributed by atoms with Crippen LogP contribution in [0, 0.1) is 27.7 Å². The second-order valence-corrected chi connectivity index (χ2v) is 6.40. The van der Waals surface area contributed by atoms with E-state index in [0.717, 1.165) is 10.0 Å². The lowest BCUT2D eigenvalue weighted by Crippen LogP contribution is -2.03. The molecule has 1 nitrogen and oxygen atoms in total. The van der Waals surface area contributed by atoms with Crippen molar-refractivity contribution in [1.82, 2.24) is 0 Å². The zero-order valence-electron chi connectivity index (χ0n) is 12.5. The lowest BCUT2D eigenvalue weighted by atomic mass is 9.96. The highest BCUT2D eigenvalue weighted by Gasteiger charge is 2.12. The first-order valence-corrected chi connectivity index (χ1v) is 7.68. The number of aryl methyl sites for hydroxylation is 4. The Labute approximate surface area is 129 Å². The van der Waals surface area contributed by atoms with E-state index in [1.165, 1.54) is 27.8 Å². The van der Waals surface area contributed by atoms with Crippen LogP contribution in [-0.2, 0) is 6.42 Å². The monoisotopic (exact) mass is 332 g/mol. The molecule has 0 aliphatic carbocycles. The van der Waals surface area contributed by atoms with Crippen molar-refractivity contribution in [3.05, 3.63) is 68.2 Å². The fourth-order valence-corrected chi connectivity index (χ4v) is 2.67. The molecule has 106 valence electrons. The maximum atomic E-state index is 10.5. The van der Waals surface area contributed by atoms with Gasteiger partial charge in [0.25, 0.3) is 0 Å². The molecule has 1 N–H and O–H groups in total. The van der Waals surface area contributed by atoms with Crippen LogP contribution in [0.5, 0.6) is 0 Å². The number of hydrogen-bond acceptors (Lipinski definition) is 1. The minimum atomic E-state index is -0.456. The van der Waals surface area contributed by atoms with E-state index in [0.29, 0.717) is 6.42 Å². The van der Waals surface area contributed by atoms with Crippen molar-refractivity contribution in [2.24, 2.45) is 0 Å². The predicted molar refractivity (Wildman–Crippen MR) is 88.2 cm³/mol. The number of rotatable bonds is 3. The molecule has 0 aliphatic heterocycles. The van der Waals surface area contributed by atoms with Crippen LogP contribution < -0.4 is 0 Å². The Bertz CT molecular complexity index is 608. The van der Waals surface area contributed by atoms with Crippen LogP contribution in [0.15, 0.2) is 34.8 Å². The third kappa shape index (κ3) is 3.31. The number of aliphatic hydroxyl groups excluding tert-OH is 1. The fourth-order valence-electron chi connectivity index (χ4n) is 2.44. The van der Waals surface area contributed by atoms with Gasteiger partial charge in [0.05, 0.1) is 6.10 Å². The fraction of sp³-hybridized carbons (Fsp3) is 0.333. The maximum absolute atomic E-state index is 10.5. The van der Waals surface area contributed by atoms with Gasteiger partial charge in [-0.1, -0.05) is 46.3 Å². The Morgan fingerprint density at radius 1 is 0.900 bits per heavy atom. The van der Waals surface area contributed by atoms with E-state index in [-0.39, 0.29) is 0 Å². The quantitative estimate of drug-likeness (QED) is 0.842. The zero-order valence-corrected chi connectivity index (χ0v) is 14.1. The lowest BCUT2D eigenvalue weighted by molar-refractivity contribution is 0.178. The molecule has 0 aliphatic rings. The number of aliphatic hydroxyl groups is 1. The van der Waals surface area contributed by atoms with Gasteiger partial charge in [0.15, 0.2) is 0 Å². The normalized spacial score (nSPS) is 12.5. The molecule has 2 aromatic carbocycles. The Morgan fingerprint density at radius 3 is 2.05 bits per heavy atom. The van der Waals surface area contributed by atoms with E-state index in [2.05, 4.69) is 74.0 Å². The molecule has 0 aromatic heterocycles. The molecule has 0 amide bonds. The summed E-state index contributed by atoms with van der Waals surface area (Å²) in [4.78, 5) is 0. The Morgan fingerprint density at radius 2 is 1.50 bits per heavy atom. The molecule has 0 heterocycles. The summed E-state index contributed by atoms with van der Waals surface area (Å²) in [7, 11) is 0. The van der Waals surface area contributed by atoms with Crippen molar-refractivity contribution in [3.8, 4) is 0 Å². The standard InChI is InChI=1S/C18H21BrO/c1-11-5-6-15(7-12(11)2)10-17(20)16-8-13(3)18(19)14(4)9-16/h5-9,17,20H,10H2,1-4H3. The molecule has 2 rings (SSSR count). The molecule has 0 radical (unpaired) electrons. The highest BCUT2D eigenvalue weighted by Crippen LogP contribution is 2.27. The summed E-state index contributed by atoms with van der Waals surface area (Å²) in [5.41, 5.74) is 7.06. The first-order chi connectivity index (χ1) is 9.38. The van der Waals surface area contributed by atoms with E-state index in [1.54, 1.807) is 0 Å². The van der Waals surface area contributed by atoms with Gasteiger partial charge in [0, 0.05) is 10.9 Å². The van der Waals surface area contributed by atoms with Crippen LogP contribution in [0.4, 0.5) is 0 Å². The first kappa shape index (κ1) is 15.3. The topological polar surface area (TPSA) is 20.2 Å². The first-order valence-electron chi connectivity index (χ1n) is 6.89. The van der Waals surface area contributed by atoms with E-state index in [4.69, 9.17) is 0 Å². The molecule has 0 spiro atoms. The summed E-state index contributed by atoms with van der Waals surface area (Å²) in [5, 5.41) is 10.5. The van der Waals surface area contributed by atoms with E-state index >= 15 is 0 Å². The molecule has 2 heteroatoms. The summed E-state index contributed by atoms with van der Waals surface area (Å²) in [6, 6.07) is 10.5. The van der Waals surface area contributed by atoms with Crippen molar-refractivity contribution >= 4 is 15.9 Å². The second-order valence-electron chi connectivity index (χ2n) is 5.61. The Kier molecular flexibility index (Phi) is 4.66. The molecule has 0 bridgehead atoms. The van der Waals surface area contributed by atoms with Gasteiger partial charge in [-0.2, -0.15) is 0 Å². The van der Waals surface area contributed by atoms with Gasteiger partial charge in [0.1, 0.15) is 0 Å². The van der Waals surface area contributed by atoms with Gasteiger partial charge in [-0.15, -0.1) is 0 Å². The maximum Gasteiger partial charge on any atom is 0.0830 e. The Hall–Kier alpha value is -1.12. The molecular formula is C18H21BrO. The van der Waals surface area contributed by atoms with E-state index < -0.39 is 6.10 Å². The number of hydrogen-bond donors (Lipinski definition) is 1. The van der Waals surface area contributed by atoms with Crippen LogP contribution in [0.25, 0.3) is 0 Å². The van der Waals surface area contributed by atoms with Gasteiger partial charge in [-0.3, -0.25) is 0 Å². The smallest absolute Gasteiger partial charge is 0.0830 e. The van der Waals surface area contributed by atoms with Crippen LogP contribution in [-0.4, -0.2) is 5.11 Å². The zero-order chi connectivity index (χ0) is 14.9. The average molecular weight is 333 g/mol. The van der Waals surface area contributed by atoms with Gasteiger partial charge < -0.3 is 5.11 Å². The minimum absolute atomic E-state index is 0.456. The average Bonchev–Trinajstić information content (AvgIpc) is 2.39. The van der Waals surface area contributed by atoms with E-state index in [9.17, 15) is 5.11 Å². The van der Waals surface area contributed by atoms with Crippen molar-refractivity contribution in [1.29, 1.82) is 0 Å². The molecule has 1 atom stereocenters. The second kappa shape index (κ2) is 6.11. The third-order valence-corrected chi connectivity index (χ3v) is 5.09. The minimum Gasteiger partial charge on any atom is -0.388 e. The molecule has 20 heavy (non-hydrogen) atoms. The van der Waals surface area contributed by atoms with Crippen molar-refractivity contribution in [3.63, 3.8) is 0 Å². The highest BCUT2D eigenvalue weighted by atomic mass is 79.9. The number of halogens is 1. The SMILES string of the molecule is Cc1ccc(CC(O)c2cc(C)c(Br)c(C)c2)cc1C. The summed E-state index contributed by atoms with van der Waals surface area (Å²) >= 11 is 3.57. The summed E-state index contributed by atoms with van der Waals surface area (Å²) in [5.74, 6) is 0. The molecule has 1 unspecified atom stereocenters. The third-order valence-electron chi connectivity index (χ3n) is 3.84. The highest BCUT2D eigenvalue weighted by molar-refractivity contribution is 9.10. The number of benzene rings is 2. The summed E-state index contributed by atoms with van der Waals surface area (Å²) in [6.07, 6.45) is 0.198. The molecule has 0 fully saturated rings. The van der Waals surface area contributed by atoms with Gasteiger partial charge in [-0.05, 0) is 61.1 Å². The van der Waals surface area contributed by atoms with E-state index in [1.807, 2.05) is 0 Å². The van der Waals surface area contributed by atoms with Crippen molar-refractivity contribution < 1.29 is 5.11 Å². The lowest BCUT2D eigenvalue weighted by Gasteiger charge is -2.15. The van der Waals surface area contributed by atoms with Crippen molar-refractivity contribution in [2.45, 2.75) is 40.2 Å². The predicted octanol–water partition coefficient (Wildman–Crippen LogP) is 4.96. The van der Waals surface area contributed by atoms with Gasteiger partial charge in [-0.25, -0.2) is 0 Å². The molecule has 2 aromatic rings. The van der Waals surface area contributed by atoms with Gasteiger partial charge >= 0.3 is 0 Å². The van der Waals surface area contributed by atoms with Crippen LogP contribution in [0.3, 0.4) is 0 Å². The molecule has 0 saturated heterocycles. The van der Waals surface area contributed by atoms with Crippen LogP contribution in [0.1, 0.15) is 39.5 Å². The van der Waals surface area contributed by atoms with Gasteiger partial charge in [0.2, 0.25) is 0 Å². The Balaban J connectivity index is 2.23. The molecular weight excluding hydrogens is 312 g/mol. The molecule has 0 saturated carbocycles. The van der Waals surface area contributed by atoms with Crippen molar-refractivity contribution in [2.75, 3.05) is 0 Å². The largest absolute Gasteiger partial charge is 0.388 e.